The van der Waals surface area contributed by atoms with Gasteiger partial charge in [-0.2, -0.15) is 0 Å². The highest BCUT2D eigenvalue weighted by molar-refractivity contribution is 5.87. The summed E-state index contributed by atoms with van der Waals surface area (Å²) < 4.78 is 25.1. The summed E-state index contributed by atoms with van der Waals surface area (Å²) >= 11 is 0. The van der Waals surface area contributed by atoms with Gasteiger partial charge in [-0.15, -0.1) is 0 Å². The molecular formula is C37H61N3O11. The van der Waals surface area contributed by atoms with Crippen LogP contribution in [0.4, 0.5) is 9.59 Å². The van der Waals surface area contributed by atoms with Crippen molar-refractivity contribution in [2.45, 2.75) is 123 Å². The summed E-state index contributed by atoms with van der Waals surface area (Å²) in [6.45, 7) is 12.0. The largest absolute Gasteiger partial charge is 0.466 e. The number of unbranched alkanes of at least 4 members (excludes halogenated alkanes) is 8. The second-order valence-electron chi connectivity index (χ2n) is 12.7. The van der Waals surface area contributed by atoms with Crippen LogP contribution in [0.3, 0.4) is 0 Å². The highest BCUT2D eigenvalue weighted by Crippen LogP contribution is 2.22. The van der Waals surface area contributed by atoms with Crippen LogP contribution in [-0.4, -0.2) is 99.6 Å². The molecule has 51 heavy (non-hydrogen) atoms. The van der Waals surface area contributed by atoms with Crippen LogP contribution in [0.1, 0.15) is 117 Å². The van der Waals surface area contributed by atoms with E-state index in [-0.39, 0.29) is 55.5 Å². The number of nitrogens with one attached hydrogen (secondary N) is 2. The molecule has 1 atom stereocenters. The predicted molar refractivity (Wildman–Crippen MR) is 191 cm³/mol. The van der Waals surface area contributed by atoms with Crippen LogP contribution >= 0.6 is 0 Å². The third-order valence-electron chi connectivity index (χ3n) is 8.12. The zero-order valence-corrected chi connectivity index (χ0v) is 30.9. The Balaban J connectivity index is 2.04. The first-order valence-corrected chi connectivity index (χ1v) is 18.4. The Kier molecular flexibility index (Phi) is 25.2. The number of hydrogen-bond acceptors (Lipinski definition) is 11. The zero-order valence-electron chi connectivity index (χ0n) is 30.9. The predicted octanol–water partition coefficient (Wildman–Crippen LogP) is 5.67. The number of carbonyl (C=O) groups is 6. The number of rotatable bonds is 27. The fourth-order valence-electron chi connectivity index (χ4n) is 5.28. The molecule has 0 spiro atoms. The van der Waals surface area contributed by atoms with Gasteiger partial charge in [-0.05, 0) is 58.8 Å². The highest BCUT2D eigenvalue weighted by atomic mass is 16.6. The van der Waals surface area contributed by atoms with Crippen LogP contribution in [0.25, 0.3) is 0 Å². The topological polar surface area (TPSA) is 176 Å². The molecule has 1 fully saturated rings. The van der Waals surface area contributed by atoms with Crippen molar-refractivity contribution in [2.75, 3.05) is 52.7 Å². The van der Waals surface area contributed by atoms with Gasteiger partial charge in [-0.3, -0.25) is 9.59 Å². The Labute approximate surface area is 303 Å². The maximum atomic E-state index is 13.0. The molecule has 2 N–H and O–H groups in total. The van der Waals surface area contributed by atoms with Crippen LogP contribution < -0.4 is 10.6 Å². The van der Waals surface area contributed by atoms with Gasteiger partial charge in [0.2, 0.25) is 5.91 Å². The molecular weight excluding hydrogens is 662 g/mol. The second-order valence-corrected chi connectivity index (χ2v) is 12.7. The number of alkyl carbamates (subject to hydrolysis) is 2. The van der Waals surface area contributed by atoms with Crippen LogP contribution in [0.15, 0.2) is 24.3 Å². The molecule has 3 amide bonds. The number of ether oxygens (including phenoxy) is 5. The van der Waals surface area contributed by atoms with E-state index >= 15 is 0 Å². The molecule has 1 aliphatic heterocycles. The third kappa shape index (κ3) is 23.9. The van der Waals surface area contributed by atoms with Crippen molar-refractivity contribution in [2.24, 2.45) is 0 Å². The molecule has 0 aromatic heterocycles. The van der Waals surface area contributed by atoms with Crippen LogP contribution in [0, 0.1) is 0 Å². The molecule has 14 nitrogen and oxygen atoms in total. The van der Waals surface area contributed by atoms with Gasteiger partial charge in [-0.1, -0.05) is 51.7 Å². The summed E-state index contributed by atoms with van der Waals surface area (Å²) in [6.07, 6.45) is 12.1. The fraction of sp³-hybridized carbons (Fsp3) is 0.730. The summed E-state index contributed by atoms with van der Waals surface area (Å²) in [6, 6.07) is 0.105. The number of amides is 3. The van der Waals surface area contributed by atoms with Gasteiger partial charge in [0.25, 0.3) is 0 Å². The van der Waals surface area contributed by atoms with E-state index in [2.05, 4.69) is 23.8 Å². The first kappa shape index (κ1) is 44.9. The van der Waals surface area contributed by atoms with Gasteiger partial charge < -0.3 is 39.2 Å². The van der Waals surface area contributed by atoms with E-state index in [0.717, 1.165) is 90.0 Å². The first-order chi connectivity index (χ1) is 24.5. The normalized spacial score (nSPS) is 13.8. The van der Waals surface area contributed by atoms with E-state index in [9.17, 15) is 28.8 Å². The Hall–Kier alpha value is -4.10. The van der Waals surface area contributed by atoms with Crippen molar-refractivity contribution in [1.29, 1.82) is 0 Å². The van der Waals surface area contributed by atoms with Gasteiger partial charge >= 0.3 is 30.1 Å². The van der Waals surface area contributed by atoms with Crippen LogP contribution in [0.2, 0.25) is 0 Å². The number of likely N-dealkylation sites (tertiary alicyclic amines) is 1. The Morgan fingerprint density at radius 1 is 0.588 bits per heavy atom. The van der Waals surface area contributed by atoms with Gasteiger partial charge in [-0.25, -0.2) is 19.2 Å². The zero-order chi connectivity index (χ0) is 37.7. The number of hydrogen-bond donors (Lipinski definition) is 2. The monoisotopic (exact) mass is 723 g/mol. The van der Waals surface area contributed by atoms with Crippen molar-refractivity contribution in [3.05, 3.63) is 24.3 Å². The molecule has 1 rings (SSSR count). The molecule has 0 aliphatic carbocycles. The van der Waals surface area contributed by atoms with Gasteiger partial charge in [0.05, 0.1) is 6.61 Å². The summed E-state index contributed by atoms with van der Waals surface area (Å²) in [4.78, 5) is 73.0. The molecule has 1 aliphatic rings. The maximum absolute atomic E-state index is 13.0. The molecule has 14 heteroatoms. The second kappa shape index (κ2) is 28.6. The van der Waals surface area contributed by atoms with Crippen molar-refractivity contribution in [3.63, 3.8) is 0 Å². The van der Waals surface area contributed by atoms with Crippen molar-refractivity contribution < 1.29 is 52.5 Å². The summed E-state index contributed by atoms with van der Waals surface area (Å²) in [7, 11) is 0. The van der Waals surface area contributed by atoms with E-state index in [0.29, 0.717) is 39.0 Å². The molecule has 1 heterocycles. The minimum Gasteiger partial charge on any atom is -0.466 e. The lowest BCUT2D eigenvalue weighted by atomic mass is 9.98. The van der Waals surface area contributed by atoms with Crippen LogP contribution in [0.5, 0.6) is 0 Å². The Morgan fingerprint density at radius 2 is 1.06 bits per heavy atom. The number of piperidine rings is 1. The molecule has 0 bridgehead atoms. The molecule has 0 saturated carbocycles. The lowest BCUT2D eigenvalue weighted by molar-refractivity contribution is -0.145. The van der Waals surface area contributed by atoms with E-state index in [4.69, 9.17) is 23.7 Å². The molecule has 1 unspecified atom stereocenters. The molecule has 0 aromatic rings. The average Bonchev–Trinajstić information content (AvgIpc) is 3.10. The van der Waals surface area contributed by atoms with E-state index in [1.165, 1.54) is 0 Å². The number of carbonyl (C=O) groups excluding carboxylic acids is 6. The van der Waals surface area contributed by atoms with E-state index in [1.54, 1.807) is 13.8 Å². The highest BCUT2D eigenvalue weighted by Gasteiger charge is 2.26. The Bertz CT molecular complexity index is 1110. The first-order valence-electron chi connectivity index (χ1n) is 18.4. The quantitative estimate of drug-likeness (QED) is 0.0462. The number of nitrogens with zero attached hydrogens (tertiary/aromatic N) is 1. The minimum absolute atomic E-state index is 0.0157. The molecule has 1 saturated heterocycles. The molecule has 290 valence electrons. The maximum Gasteiger partial charge on any atom is 0.407 e. The summed E-state index contributed by atoms with van der Waals surface area (Å²) in [5.74, 6) is -1.08. The lowest BCUT2D eigenvalue weighted by Crippen LogP contribution is -2.44. The SMILES string of the molecule is C=C(C)C(=O)OCCOC(=O)NCCCCCCCC(=O)OCCC1CCCCN1C(=O)CCCCCCCNC(=O)OCCOC(=O)C(=C)C. The molecule has 0 aromatic carbocycles. The summed E-state index contributed by atoms with van der Waals surface area (Å²) in [5.41, 5.74) is 0.577. The van der Waals surface area contributed by atoms with Gasteiger partial charge in [0.15, 0.2) is 0 Å². The van der Waals surface area contributed by atoms with Crippen molar-refractivity contribution in [1.82, 2.24) is 15.5 Å². The standard InChI is InChI=1S/C37H61N3O11/c1-29(2)34(43)48-25-27-50-36(45)38-21-14-9-5-7-11-18-32(41)40-23-16-13-17-31(40)20-24-47-33(42)19-12-8-6-10-15-22-39-37(46)51-28-26-49-35(44)30(3)4/h31H,1,3,5-28H2,2,4H3,(H,38,45)(H,39,46). The lowest BCUT2D eigenvalue weighted by Gasteiger charge is -2.36. The van der Waals surface area contributed by atoms with Crippen molar-refractivity contribution >= 4 is 36.0 Å². The van der Waals surface area contributed by atoms with E-state index in [1.807, 2.05) is 4.90 Å². The smallest absolute Gasteiger partial charge is 0.407 e. The minimum atomic E-state index is -0.555. The fourth-order valence-corrected chi connectivity index (χ4v) is 5.28. The van der Waals surface area contributed by atoms with Gasteiger partial charge in [0.1, 0.15) is 26.4 Å². The van der Waals surface area contributed by atoms with Gasteiger partial charge in [0, 0.05) is 56.1 Å². The van der Waals surface area contributed by atoms with E-state index < -0.39 is 24.1 Å². The third-order valence-corrected chi connectivity index (χ3v) is 8.12. The van der Waals surface area contributed by atoms with Crippen molar-refractivity contribution in [3.8, 4) is 0 Å². The summed E-state index contributed by atoms with van der Waals surface area (Å²) in [5, 5.41) is 5.33. The Morgan fingerprint density at radius 3 is 1.59 bits per heavy atom. The van der Waals surface area contributed by atoms with Crippen LogP contribution in [-0.2, 0) is 42.9 Å². The number of esters is 3. The molecule has 0 radical (unpaired) electrons. The average molecular weight is 724 g/mol.